The second kappa shape index (κ2) is 7.19. The van der Waals surface area contributed by atoms with Crippen molar-refractivity contribution < 1.29 is 14.6 Å². The number of carboxylic acids is 1. The molecule has 0 saturated carbocycles. The molecule has 1 heterocycles. The summed E-state index contributed by atoms with van der Waals surface area (Å²) in [7, 11) is 1.70. The predicted octanol–water partition coefficient (Wildman–Crippen LogP) is 2.07. The Labute approximate surface area is 98.5 Å². The van der Waals surface area contributed by atoms with Gasteiger partial charge in [0.2, 0.25) is 0 Å². The Morgan fingerprint density at radius 2 is 2.38 bits per heavy atom. The van der Waals surface area contributed by atoms with Crippen molar-refractivity contribution in [2.75, 3.05) is 25.6 Å². The number of carbonyl (C=O) groups is 1. The van der Waals surface area contributed by atoms with Crippen LogP contribution in [0, 0.1) is 0 Å². The van der Waals surface area contributed by atoms with Crippen molar-refractivity contribution in [3.05, 3.63) is 11.1 Å². The number of anilines is 1. The highest BCUT2D eigenvalue weighted by Gasteiger charge is 2.07. The van der Waals surface area contributed by atoms with Gasteiger partial charge in [-0.05, 0) is 19.3 Å². The average molecular weight is 244 g/mol. The summed E-state index contributed by atoms with van der Waals surface area (Å²) < 4.78 is 4.94. The number of unbranched alkanes of at least 4 members (excludes halogenated alkanes) is 2. The van der Waals surface area contributed by atoms with Gasteiger partial charge < -0.3 is 15.2 Å². The van der Waals surface area contributed by atoms with E-state index in [4.69, 9.17) is 9.84 Å². The van der Waals surface area contributed by atoms with Crippen molar-refractivity contribution in [3.8, 4) is 0 Å². The Morgan fingerprint density at radius 3 is 3.00 bits per heavy atom. The number of thiazole rings is 1. The summed E-state index contributed by atoms with van der Waals surface area (Å²) >= 11 is 1.32. The number of methoxy groups -OCH3 is 1. The first-order chi connectivity index (χ1) is 7.74. The monoisotopic (exact) mass is 244 g/mol. The van der Waals surface area contributed by atoms with E-state index in [1.807, 2.05) is 0 Å². The van der Waals surface area contributed by atoms with Gasteiger partial charge in [0, 0.05) is 25.6 Å². The molecule has 0 atom stereocenters. The molecule has 16 heavy (non-hydrogen) atoms. The number of carboxylic acid groups (broad SMARTS) is 1. The first-order valence-corrected chi connectivity index (χ1v) is 6.03. The molecule has 0 aliphatic carbocycles. The molecular formula is C10H16N2O3S. The molecule has 2 N–H and O–H groups in total. The van der Waals surface area contributed by atoms with Gasteiger partial charge in [0.1, 0.15) is 0 Å². The number of nitrogens with zero attached hydrogens (tertiary/aromatic N) is 1. The maximum absolute atomic E-state index is 10.6. The quantitative estimate of drug-likeness (QED) is 0.685. The van der Waals surface area contributed by atoms with Gasteiger partial charge in [0.05, 0.1) is 0 Å². The number of aromatic nitrogens is 1. The van der Waals surface area contributed by atoms with Gasteiger partial charge in [-0.15, -0.1) is 11.3 Å². The first kappa shape index (κ1) is 12.9. The van der Waals surface area contributed by atoms with Crippen LogP contribution in [0.15, 0.2) is 5.38 Å². The fraction of sp³-hybridized carbons (Fsp3) is 0.600. The van der Waals surface area contributed by atoms with E-state index in [1.165, 1.54) is 16.7 Å². The molecule has 0 amide bonds. The fourth-order valence-electron chi connectivity index (χ4n) is 1.20. The summed E-state index contributed by atoms with van der Waals surface area (Å²) in [6, 6.07) is 0. The third-order valence-electron chi connectivity index (χ3n) is 2.02. The van der Waals surface area contributed by atoms with E-state index in [9.17, 15) is 4.79 Å². The molecule has 0 aromatic carbocycles. The summed E-state index contributed by atoms with van der Waals surface area (Å²) in [5, 5.41) is 14.0. The average Bonchev–Trinajstić information content (AvgIpc) is 2.72. The summed E-state index contributed by atoms with van der Waals surface area (Å²) in [5.41, 5.74) is 0.104. The lowest BCUT2D eigenvalue weighted by atomic mass is 10.2. The summed E-state index contributed by atoms with van der Waals surface area (Å²) in [6.07, 6.45) is 3.18. The lowest BCUT2D eigenvalue weighted by Crippen LogP contribution is -2.03. The molecule has 90 valence electrons. The molecule has 0 radical (unpaired) electrons. The fourth-order valence-corrected chi connectivity index (χ4v) is 1.91. The van der Waals surface area contributed by atoms with Gasteiger partial charge in [-0.1, -0.05) is 0 Å². The Kier molecular flexibility index (Phi) is 5.81. The van der Waals surface area contributed by atoms with Crippen LogP contribution in [-0.4, -0.2) is 36.3 Å². The predicted molar refractivity (Wildman–Crippen MR) is 63.3 cm³/mol. The van der Waals surface area contributed by atoms with Crippen LogP contribution in [0.25, 0.3) is 0 Å². The number of hydrogen-bond acceptors (Lipinski definition) is 5. The zero-order valence-electron chi connectivity index (χ0n) is 9.23. The van der Waals surface area contributed by atoms with Crippen molar-refractivity contribution in [1.29, 1.82) is 0 Å². The van der Waals surface area contributed by atoms with Gasteiger partial charge in [-0.2, -0.15) is 0 Å². The van der Waals surface area contributed by atoms with E-state index < -0.39 is 5.97 Å². The standard InChI is InChI=1S/C10H16N2O3S/c1-15-6-4-2-3-5-11-10-12-8(7-16-10)9(13)14/h7H,2-6H2,1H3,(H,11,12)(H,13,14). The molecule has 0 bridgehead atoms. The van der Waals surface area contributed by atoms with Crippen LogP contribution in [0.3, 0.4) is 0 Å². The van der Waals surface area contributed by atoms with Crippen LogP contribution in [0.2, 0.25) is 0 Å². The smallest absolute Gasteiger partial charge is 0.355 e. The second-order valence-corrected chi connectivity index (χ2v) is 4.18. The highest BCUT2D eigenvalue weighted by Crippen LogP contribution is 2.15. The molecule has 1 rings (SSSR count). The number of aromatic carboxylic acids is 1. The highest BCUT2D eigenvalue weighted by atomic mass is 32.1. The topological polar surface area (TPSA) is 71.5 Å². The van der Waals surface area contributed by atoms with E-state index in [0.717, 1.165) is 32.4 Å². The van der Waals surface area contributed by atoms with Crippen molar-refractivity contribution in [3.63, 3.8) is 0 Å². The Balaban J connectivity index is 2.14. The number of nitrogens with one attached hydrogen (secondary N) is 1. The van der Waals surface area contributed by atoms with E-state index in [2.05, 4.69) is 10.3 Å². The molecule has 1 aromatic rings. The van der Waals surface area contributed by atoms with E-state index in [0.29, 0.717) is 5.13 Å². The molecule has 0 aliphatic rings. The molecule has 0 spiro atoms. The Bertz CT molecular complexity index is 328. The molecular weight excluding hydrogens is 228 g/mol. The highest BCUT2D eigenvalue weighted by molar-refractivity contribution is 7.13. The molecule has 1 aromatic heterocycles. The molecule has 6 heteroatoms. The van der Waals surface area contributed by atoms with Crippen LogP contribution in [0.1, 0.15) is 29.8 Å². The summed E-state index contributed by atoms with van der Waals surface area (Å²) in [4.78, 5) is 14.5. The molecule has 5 nitrogen and oxygen atoms in total. The van der Waals surface area contributed by atoms with Crippen LogP contribution >= 0.6 is 11.3 Å². The number of ether oxygens (including phenoxy) is 1. The molecule has 0 unspecified atom stereocenters. The van der Waals surface area contributed by atoms with Gasteiger partial charge in [0.25, 0.3) is 0 Å². The van der Waals surface area contributed by atoms with Gasteiger partial charge in [-0.25, -0.2) is 9.78 Å². The normalized spacial score (nSPS) is 10.3. The van der Waals surface area contributed by atoms with E-state index in [-0.39, 0.29) is 5.69 Å². The van der Waals surface area contributed by atoms with Crippen molar-refractivity contribution >= 4 is 22.4 Å². The molecule has 0 saturated heterocycles. The number of hydrogen-bond donors (Lipinski definition) is 2. The minimum absolute atomic E-state index is 0.104. The van der Waals surface area contributed by atoms with Crippen molar-refractivity contribution in [2.24, 2.45) is 0 Å². The SMILES string of the molecule is COCCCCCNc1nc(C(=O)O)cs1. The van der Waals surface area contributed by atoms with Crippen LogP contribution in [0.5, 0.6) is 0 Å². The minimum Gasteiger partial charge on any atom is -0.476 e. The molecule has 0 fully saturated rings. The largest absolute Gasteiger partial charge is 0.476 e. The zero-order chi connectivity index (χ0) is 11.8. The summed E-state index contributed by atoms with van der Waals surface area (Å²) in [6.45, 7) is 1.61. The van der Waals surface area contributed by atoms with Crippen LogP contribution < -0.4 is 5.32 Å². The van der Waals surface area contributed by atoms with E-state index in [1.54, 1.807) is 7.11 Å². The Morgan fingerprint density at radius 1 is 1.56 bits per heavy atom. The lowest BCUT2D eigenvalue weighted by molar-refractivity contribution is 0.0691. The molecule has 0 aliphatic heterocycles. The van der Waals surface area contributed by atoms with Crippen molar-refractivity contribution in [1.82, 2.24) is 4.98 Å². The van der Waals surface area contributed by atoms with Crippen LogP contribution in [-0.2, 0) is 4.74 Å². The Hall–Kier alpha value is -1.14. The third kappa shape index (κ3) is 4.59. The number of rotatable bonds is 8. The second-order valence-electron chi connectivity index (χ2n) is 3.32. The van der Waals surface area contributed by atoms with E-state index >= 15 is 0 Å². The van der Waals surface area contributed by atoms with Crippen molar-refractivity contribution in [2.45, 2.75) is 19.3 Å². The summed E-state index contributed by atoms with van der Waals surface area (Å²) in [5.74, 6) is -0.982. The van der Waals surface area contributed by atoms with Gasteiger partial charge >= 0.3 is 5.97 Å². The van der Waals surface area contributed by atoms with Gasteiger partial charge in [-0.3, -0.25) is 0 Å². The third-order valence-corrected chi connectivity index (χ3v) is 2.82. The van der Waals surface area contributed by atoms with Crippen LogP contribution in [0.4, 0.5) is 5.13 Å². The maximum atomic E-state index is 10.6. The first-order valence-electron chi connectivity index (χ1n) is 5.15. The lowest BCUT2D eigenvalue weighted by Gasteiger charge is -2.01. The maximum Gasteiger partial charge on any atom is 0.355 e. The van der Waals surface area contributed by atoms with Gasteiger partial charge in [0.15, 0.2) is 10.8 Å². The minimum atomic E-state index is -0.982. The zero-order valence-corrected chi connectivity index (χ0v) is 10.0.